The zero-order valence-corrected chi connectivity index (χ0v) is 32.4. The maximum Gasteiger partial charge on any atom is 0.0737 e. The van der Waals surface area contributed by atoms with Crippen molar-refractivity contribution in [3.8, 4) is 55.6 Å². The average molecular weight is 769 g/mol. The van der Waals surface area contributed by atoms with Gasteiger partial charge in [0.1, 0.15) is 0 Å². The molecule has 4 aromatic carbocycles. The van der Waals surface area contributed by atoms with Gasteiger partial charge in [-0.15, -0.1) is 0 Å². The van der Waals surface area contributed by atoms with Crippen LogP contribution in [0.4, 0.5) is 0 Å². The monoisotopic (exact) mass is 768 g/mol. The van der Waals surface area contributed by atoms with Crippen LogP contribution >= 0.6 is 0 Å². The minimum atomic E-state index is 0.908. The Morgan fingerprint density at radius 2 is 0.417 bits per heavy atom. The van der Waals surface area contributed by atoms with Crippen molar-refractivity contribution < 1.29 is 0 Å². The van der Waals surface area contributed by atoms with Crippen molar-refractivity contribution in [1.29, 1.82) is 0 Å². The van der Waals surface area contributed by atoms with Crippen LogP contribution in [-0.4, -0.2) is 29.9 Å². The summed E-state index contributed by atoms with van der Waals surface area (Å²) in [6, 6.07) is 59.8. The second kappa shape index (κ2) is 13.7. The van der Waals surface area contributed by atoms with E-state index in [1.54, 1.807) is 0 Å². The average Bonchev–Trinajstić information content (AvgIpc) is 4.16. The molecule has 4 N–H and O–H groups in total. The third-order valence-electron chi connectivity index (χ3n) is 11.7. The minimum Gasteiger partial charge on any atom is -0.354 e. The fraction of sp³-hybridized carbons (Fsp3) is 0. The zero-order chi connectivity index (χ0) is 39.6. The van der Waals surface area contributed by atoms with E-state index in [1.165, 1.54) is 0 Å². The van der Waals surface area contributed by atoms with Gasteiger partial charge in [-0.25, -0.2) is 9.97 Å². The van der Waals surface area contributed by atoms with E-state index in [-0.39, 0.29) is 0 Å². The summed E-state index contributed by atoms with van der Waals surface area (Å²) in [6.45, 7) is 0. The number of nitrogens with one attached hydrogen (secondary N) is 4. The highest BCUT2D eigenvalue weighted by Gasteiger charge is 2.21. The van der Waals surface area contributed by atoms with Crippen molar-refractivity contribution in [2.75, 3.05) is 0 Å². The Hall–Kier alpha value is -8.22. The maximum atomic E-state index is 5.34. The number of hydrogen-bond donors (Lipinski definition) is 4. The first-order valence-corrected chi connectivity index (χ1v) is 20.3. The molecule has 6 nitrogen and oxygen atoms in total. The molecular formula is C54H36N6. The number of H-pyrrole nitrogens is 4. The van der Waals surface area contributed by atoms with Gasteiger partial charge in [0.05, 0.1) is 22.8 Å². The molecule has 0 atom stereocenters. The molecular weight excluding hydrogens is 733 g/mol. The number of benzene rings is 4. The van der Waals surface area contributed by atoms with E-state index in [1.807, 2.05) is 0 Å². The third-order valence-corrected chi connectivity index (χ3v) is 11.7. The van der Waals surface area contributed by atoms with Gasteiger partial charge in [0, 0.05) is 77.5 Å². The molecule has 0 saturated heterocycles. The Morgan fingerprint density at radius 1 is 0.217 bits per heavy atom. The summed E-state index contributed by atoms with van der Waals surface area (Å²) in [7, 11) is 0. The molecule has 2 aliphatic rings. The Balaban J connectivity index is 1.27. The van der Waals surface area contributed by atoms with Crippen molar-refractivity contribution in [2.45, 2.75) is 0 Å². The third kappa shape index (κ3) is 5.57. The molecule has 12 bridgehead atoms. The molecule has 0 radical (unpaired) electrons. The SMILES string of the molecule is C1=Cc2nc1c(-c1ccccc1)c1ccc([nH]1)c(-c1c3ccc([nH]3)c(-c3ccccc3)c3nc(c(-c4ccccc4)c4ccc1[nH]4)C=C3)c1ccc([nH]1)c2-c1ccccc1. The molecule has 6 heteroatoms. The Morgan fingerprint density at radius 3 is 0.633 bits per heavy atom. The maximum absolute atomic E-state index is 5.34. The summed E-state index contributed by atoms with van der Waals surface area (Å²) in [5.41, 5.74) is 22.0. The summed E-state index contributed by atoms with van der Waals surface area (Å²) < 4.78 is 0. The quantitative estimate of drug-likeness (QED) is 0.140. The number of fused-ring (bicyclic) bond motifs is 12. The Kier molecular flexibility index (Phi) is 7.74. The topological polar surface area (TPSA) is 88.9 Å². The van der Waals surface area contributed by atoms with Crippen molar-refractivity contribution in [2.24, 2.45) is 0 Å². The summed E-state index contributed by atoms with van der Waals surface area (Å²) in [4.78, 5) is 26.3. The molecule has 2 aliphatic heterocycles. The van der Waals surface area contributed by atoms with Crippen molar-refractivity contribution in [3.63, 3.8) is 0 Å². The van der Waals surface area contributed by atoms with Crippen LogP contribution in [0, 0.1) is 0 Å². The van der Waals surface area contributed by atoms with Gasteiger partial charge in [0.25, 0.3) is 0 Å². The molecule has 10 aromatic rings. The second-order valence-corrected chi connectivity index (χ2v) is 15.3. The highest BCUT2D eigenvalue weighted by Crippen LogP contribution is 2.41. The second-order valence-electron chi connectivity index (χ2n) is 15.3. The molecule has 60 heavy (non-hydrogen) atoms. The van der Waals surface area contributed by atoms with E-state index in [0.29, 0.717) is 0 Å². The lowest BCUT2D eigenvalue weighted by Gasteiger charge is -2.08. The molecule has 0 spiro atoms. The van der Waals surface area contributed by atoms with Crippen LogP contribution in [0.2, 0.25) is 0 Å². The van der Waals surface area contributed by atoms with Crippen LogP contribution in [0.15, 0.2) is 170 Å². The largest absolute Gasteiger partial charge is 0.354 e. The van der Waals surface area contributed by atoms with Gasteiger partial charge in [-0.05, 0) is 95.1 Å². The highest BCUT2D eigenvalue weighted by atomic mass is 14.8. The fourth-order valence-corrected chi connectivity index (χ4v) is 9.04. The molecule has 282 valence electrons. The minimum absolute atomic E-state index is 0.908. The lowest BCUT2D eigenvalue weighted by molar-refractivity contribution is 1.32. The van der Waals surface area contributed by atoms with E-state index < -0.39 is 0 Å². The Labute approximate surface area is 345 Å². The number of rotatable bonds is 5. The van der Waals surface area contributed by atoms with Crippen LogP contribution < -0.4 is 0 Å². The van der Waals surface area contributed by atoms with Crippen LogP contribution in [0.25, 0.3) is 124 Å². The van der Waals surface area contributed by atoms with Crippen LogP contribution in [0.1, 0.15) is 22.8 Å². The molecule has 8 heterocycles. The highest BCUT2D eigenvalue weighted by molar-refractivity contribution is 6.08. The Bertz CT molecular complexity index is 3050. The molecule has 0 aliphatic carbocycles. The van der Waals surface area contributed by atoms with Gasteiger partial charge in [-0.3, -0.25) is 0 Å². The summed E-state index contributed by atoms with van der Waals surface area (Å²) >= 11 is 0. The molecule has 0 amide bonds. The summed E-state index contributed by atoms with van der Waals surface area (Å²) in [5, 5.41) is 0. The molecule has 0 fully saturated rings. The zero-order valence-electron chi connectivity index (χ0n) is 32.4. The fourth-order valence-electron chi connectivity index (χ4n) is 9.04. The molecule has 6 aromatic heterocycles. The summed E-state index contributed by atoms with van der Waals surface area (Å²) in [6.07, 6.45) is 8.56. The van der Waals surface area contributed by atoms with Crippen molar-refractivity contribution in [3.05, 3.63) is 193 Å². The lowest BCUT2D eigenvalue weighted by Crippen LogP contribution is -1.90. The van der Waals surface area contributed by atoms with Gasteiger partial charge in [-0.2, -0.15) is 0 Å². The van der Waals surface area contributed by atoms with Gasteiger partial charge in [0.2, 0.25) is 0 Å². The standard InChI is InChI=1S/C54H36N6/c1-5-13-33(14-6-1)49-37-21-22-38(55-37)50(34-15-7-2-8-16-34)42-26-30-46(58-42)53(45-29-25-41(49)57-45)54-47-31-27-43(59-47)51(35-17-9-3-10-18-35)39-23-24-40(56-39)52(36-19-11-4-12-20-36)44-28-32-48(54)60-44/h1-32,57-60H. The normalized spacial score (nSPS) is 12.2. The van der Waals surface area contributed by atoms with Gasteiger partial charge in [-0.1, -0.05) is 121 Å². The van der Waals surface area contributed by atoms with E-state index >= 15 is 0 Å². The van der Waals surface area contributed by atoms with Crippen LogP contribution in [0.5, 0.6) is 0 Å². The molecule has 0 unspecified atom stereocenters. The van der Waals surface area contributed by atoms with Gasteiger partial charge >= 0.3 is 0 Å². The first kappa shape index (κ1) is 33.9. The van der Waals surface area contributed by atoms with E-state index in [9.17, 15) is 0 Å². The van der Waals surface area contributed by atoms with Crippen LogP contribution in [0.3, 0.4) is 0 Å². The predicted molar refractivity (Wildman–Crippen MR) is 250 cm³/mol. The van der Waals surface area contributed by atoms with E-state index in [0.717, 1.165) is 123 Å². The number of hydrogen-bond acceptors (Lipinski definition) is 2. The summed E-state index contributed by atoms with van der Waals surface area (Å²) in [5.74, 6) is 0. The van der Waals surface area contributed by atoms with E-state index in [2.05, 4.69) is 214 Å². The predicted octanol–water partition coefficient (Wildman–Crippen LogP) is 14.0. The van der Waals surface area contributed by atoms with Gasteiger partial charge < -0.3 is 19.9 Å². The first-order chi connectivity index (χ1) is 29.7. The van der Waals surface area contributed by atoms with Crippen molar-refractivity contribution >= 4 is 68.4 Å². The smallest absolute Gasteiger partial charge is 0.0737 e. The first-order valence-electron chi connectivity index (χ1n) is 20.3. The van der Waals surface area contributed by atoms with Crippen LogP contribution in [-0.2, 0) is 0 Å². The number of aromatic nitrogens is 6. The lowest BCUT2D eigenvalue weighted by atomic mass is 10.0. The van der Waals surface area contributed by atoms with Gasteiger partial charge in [0.15, 0.2) is 0 Å². The number of nitrogens with zero attached hydrogens (tertiary/aromatic N) is 2. The molecule has 12 rings (SSSR count). The molecule has 0 saturated carbocycles. The number of aromatic amines is 4. The van der Waals surface area contributed by atoms with E-state index in [4.69, 9.17) is 9.97 Å². The van der Waals surface area contributed by atoms with Crippen molar-refractivity contribution in [1.82, 2.24) is 29.9 Å².